The summed E-state index contributed by atoms with van der Waals surface area (Å²) in [7, 11) is 0. The highest BCUT2D eigenvalue weighted by Gasteiger charge is 2.45. The van der Waals surface area contributed by atoms with E-state index in [1.165, 1.54) is 38.3 Å². The molecule has 166 valence electrons. The number of ether oxygens (including phenoxy) is 1. The fraction of sp³-hybridized carbons (Fsp3) is 0.625. The number of hydrogen-bond donors (Lipinski definition) is 2. The van der Waals surface area contributed by atoms with Gasteiger partial charge >= 0.3 is 5.97 Å². The summed E-state index contributed by atoms with van der Waals surface area (Å²) in [6.45, 7) is 4.81. The van der Waals surface area contributed by atoms with E-state index in [-0.39, 0.29) is 23.7 Å². The molecule has 2 rings (SSSR count). The van der Waals surface area contributed by atoms with Crippen LogP contribution in [0.25, 0.3) is 0 Å². The number of aliphatic hydroxyl groups excluding tert-OH is 1. The molecule has 1 saturated carbocycles. The molecule has 3 N–H and O–H groups in total. The van der Waals surface area contributed by atoms with Crippen LogP contribution in [-0.4, -0.2) is 35.3 Å². The quantitative estimate of drug-likeness (QED) is 0.198. The number of ketones is 1. The molecule has 0 aliphatic heterocycles. The predicted octanol–water partition coefficient (Wildman–Crippen LogP) is 3.68. The van der Waals surface area contributed by atoms with E-state index in [0.29, 0.717) is 18.6 Å². The van der Waals surface area contributed by atoms with Crippen LogP contribution in [-0.2, 0) is 9.59 Å². The molecule has 1 aliphatic rings. The van der Waals surface area contributed by atoms with Gasteiger partial charge in [0.25, 0.3) is 0 Å². The summed E-state index contributed by atoms with van der Waals surface area (Å²) in [5.41, 5.74) is 4.99. The van der Waals surface area contributed by atoms with Crippen LogP contribution in [0, 0.1) is 17.3 Å². The van der Waals surface area contributed by atoms with E-state index < -0.39 is 29.3 Å². The van der Waals surface area contributed by atoms with Gasteiger partial charge in [0.05, 0.1) is 17.1 Å². The minimum absolute atomic E-state index is 0.0602. The van der Waals surface area contributed by atoms with Crippen molar-refractivity contribution in [3.63, 3.8) is 0 Å². The van der Waals surface area contributed by atoms with Gasteiger partial charge < -0.3 is 20.4 Å². The van der Waals surface area contributed by atoms with Crippen LogP contribution in [0.15, 0.2) is 24.3 Å². The normalized spacial score (nSPS) is 19.0. The molecule has 0 amide bonds. The van der Waals surface area contributed by atoms with E-state index in [9.17, 15) is 19.5 Å². The van der Waals surface area contributed by atoms with Crippen molar-refractivity contribution in [1.29, 1.82) is 0 Å². The first-order valence-corrected chi connectivity index (χ1v) is 10.9. The average Bonchev–Trinajstić information content (AvgIpc) is 2.71. The number of esters is 1. The van der Waals surface area contributed by atoms with Gasteiger partial charge in [-0.2, -0.15) is 0 Å². The first-order valence-electron chi connectivity index (χ1n) is 10.9. The van der Waals surface area contributed by atoms with Crippen molar-refractivity contribution in [3.05, 3.63) is 29.8 Å². The molecule has 0 spiro atoms. The lowest BCUT2D eigenvalue weighted by molar-refractivity contribution is -0.131. The first kappa shape index (κ1) is 24.2. The molecule has 0 unspecified atom stereocenters. The summed E-state index contributed by atoms with van der Waals surface area (Å²) in [4.78, 5) is 37.2. The predicted molar refractivity (Wildman–Crippen MR) is 115 cm³/mol. The zero-order valence-corrected chi connectivity index (χ0v) is 18.3. The van der Waals surface area contributed by atoms with Gasteiger partial charge in [0.1, 0.15) is 12.0 Å². The highest BCUT2D eigenvalue weighted by atomic mass is 16.5. The van der Waals surface area contributed by atoms with Crippen LogP contribution in [0.1, 0.15) is 76.1 Å². The standard InChI is InChI=1S/C24H35NO5/c1-16(2)24(15-26,14-21(28)20(25)13-18-9-5-4-6-10-18)23(29)19-11-7-8-12-22(19)30-17(3)27/h7-8,11-12,15-16,18,20-21,28H,4-6,9-10,13-14,25H2,1-3H3/t20-,21-,24+/m0/s1. The zero-order chi connectivity index (χ0) is 22.3. The molecule has 6 nitrogen and oxygen atoms in total. The summed E-state index contributed by atoms with van der Waals surface area (Å²) in [6, 6.07) is 5.87. The molecule has 1 aliphatic carbocycles. The Labute approximate surface area is 179 Å². The number of Topliss-reactive ketones (excluding diaryl/α,β-unsaturated/α-hetero) is 1. The van der Waals surface area contributed by atoms with E-state index in [4.69, 9.17) is 10.5 Å². The van der Waals surface area contributed by atoms with Gasteiger partial charge in [-0.05, 0) is 36.8 Å². The minimum atomic E-state index is -1.46. The van der Waals surface area contributed by atoms with Crippen LogP contribution in [0.2, 0.25) is 0 Å². The molecule has 1 aromatic rings. The van der Waals surface area contributed by atoms with Crippen LogP contribution >= 0.6 is 0 Å². The highest BCUT2D eigenvalue weighted by Crippen LogP contribution is 2.38. The number of para-hydroxylation sites is 1. The second-order valence-electron chi connectivity index (χ2n) is 8.91. The lowest BCUT2D eigenvalue weighted by atomic mass is 9.68. The maximum atomic E-state index is 13.5. The zero-order valence-electron chi connectivity index (χ0n) is 18.3. The van der Waals surface area contributed by atoms with E-state index in [2.05, 4.69) is 0 Å². The molecule has 0 radical (unpaired) electrons. The van der Waals surface area contributed by atoms with Gasteiger partial charge in [-0.1, -0.05) is 58.1 Å². The Morgan fingerprint density at radius 1 is 1.23 bits per heavy atom. The number of aldehydes is 1. The molecule has 0 saturated heterocycles. The smallest absolute Gasteiger partial charge is 0.308 e. The van der Waals surface area contributed by atoms with Crippen molar-refractivity contribution in [2.24, 2.45) is 23.0 Å². The third-order valence-electron chi connectivity index (χ3n) is 6.42. The second kappa shape index (κ2) is 10.8. The number of rotatable bonds is 10. The molecule has 3 atom stereocenters. The van der Waals surface area contributed by atoms with Crippen molar-refractivity contribution >= 4 is 18.0 Å². The molecular formula is C24H35NO5. The summed E-state index contributed by atoms with van der Waals surface area (Å²) in [5.74, 6) is -0.792. The Balaban J connectivity index is 2.26. The van der Waals surface area contributed by atoms with Gasteiger partial charge in [0.15, 0.2) is 5.78 Å². The molecule has 1 fully saturated rings. The lowest BCUT2D eigenvalue weighted by Crippen LogP contribution is -2.46. The summed E-state index contributed by atoms with van der Waals surface area (Å²) in [5, 5.41) is 10.9. The minimum Gasteiger partial charge on any atom is -0.426 e. The van der Waals surface area contributed by atoms with Gasteiger partial charge in [-0.15, -0.1) is 0 Å². The molecule has 0 aromatic heterocycles. The maximum absolute atomic E-state index is 13.5. The van der Waals surface area contributed by atoms with Gasteiger partial charge in [0.2, 0.25) is 0 Å². The highest BCUT2D eigenvalue weighted by molar-refractivity contribution is 6.11. The van der Waals surface area contributed by atoms with Crippen molar-refractivity contribution in [2.75, 3.05) is 0 Å². The number of carbonyl (C=O) groups excluding carboxylic acids is 3. The second-order valence-corrected chi connectivity index (χ2v) is 8.91. The number of nitrogens with two attached hydrogens (primary N) is 1. The topological polar surface area (TPSA) is 107 Å². The number of aliphatic hydroxyl groups is 1. The fourth-order valence-electron chi connectivity index (χ4n) is 4.44. The number of carbonyl (C=O) groups is 3. The Morgan fingerprint density at radius 3 is 2.43 bits per heavy atom. The summed E-state index contributed by atoms with van der Waals surface area (Å²) in [6.07, 6.45) is 6.10. The van der Waals surface area contributed by atoms with Gasteiger partial charge in [-0.3, -0.25) is 9.59 Å². The third kappa shape index (κ3) is 5.76. The van der Waals surface area contributed by atoms with Crippen LogP contribution < -0.4 is 10.5 Å². The molecule has 0 bridgehead atoms. The number of hydrogen-bond acceptors (Lipinski definition) is 6. The Morgan fingerprint density at radius 2 is 1.87 bits per heavy atom. The molecule has 0 heterocycles. The fourth-order valence-corrected chi connectivity index (χ4v) is 4.44. The van der Waals surface area contributed by atoms with Crippen LogP contribution in [0.5, 0.6) is 5.75 Å². The summed E-state index contributed by atoms with van der Waals surface area (Å²) < 4.78 is 5.18. The Kier molecular flexibility index (Phi) is 8.74. The summed E-state index contributed by atoms with van der Waals surface area (Å²) >= 11 is 0. The van der Waals surface area contributed by atoms with E-state index in [0.717, 1.165) is 12.8 Å². The van der Waals surface area contributed by atoms with Crippen molar-refractivity contribution in [1.82, 2.24) is 0 Å². The maximum Gasteiger partial charge on any atom is 0.308 e. The molecule has 30 heavy (non-hydrogen) atoms. The van der Waals surface area contributed by atoms with E-state index in [1.807, 2.05) is 0 Å². The van der Waals surface area contributed by atoms with Crippen molar-refractivity contribution in [3.8, 4) is 5.75 Å². The third-order valence-corrected chi connectivity index (χ3v) is 6.42. The first-order chi connectivity index (χ1) is 14.2. The lowest BCUT2D eigenvalue weighted by Gasteiger charge is -2.35. The molecule has 1 aromatic carbocycles. The van der Waals surface area contributed by atoms with Crippen LogP contribution in [0.3, 0.4) is 0 Å². The number of benzene rings is 1. The molecular weight excluding hydrogens is 382 g/mol. The average molecular weight is 418 g/mol. The van der Waals surface area contributed by atoms with Gasteiger partial charge in [0, 0.05) is 13.0 Å². The Bertz CT molecular complexity index is 741. The largest absolute Gasteiger partial charge is 0.426 e. The van der Waals surface area contributed by atoms with Gasteiger partial charge in [-0.25, -0.2) is 0 Å². The van der Waals surface area contributed by atoms with Crippen LogP contribution in [0.4, 0.5) is 0 Å². The van der Waals surface area contributed by atoms with E-state index in [1.54, 1.807) is 26.0 Å². The van der Waals surface area contributed by atoms with Crippen molar-refractivity contribution in [2.45, 2.75) is 77.9 Å². The molecule has 6 heteroatoms. The van der Waals surface area contributed by atoms with Crippen molar-refractivity contribution < 1.29 is 24.2 Å². The SMILES string of the molecule is CC(=O)Oc1ccccc1C(=O)[C@@](C=O)(C[C@H](O)[C@@H](N)CC1CCCCC1)C(C)C. The van der Waals surface area contributed by atoms with E-state index >= 15 is 0 Å². The Hall–Kier alpha value is -2.05. The monoisotopic (exact) mass is 417 g/mol.